The molecular weight excluding hydrogens is 228 g/mol. The standard InChI is InChI=1S/C12H10N6/c1-9(18-5-2-4-14-18)12-16-15-11-7-10(8-13)3-6-17(11)12/h2-7,9H,1H3. The third-order valence-electron chi connectivity index (χ3n) is 2.86. The van der Waals surface area contributed by atoms with Crippen molar-refractivity contribution in [3.05, 3.63) is 48.2 Å². The quantitative estimate of drug-likeness (QED) is 0.676. The summed E-state index contributed by atoms with van der Waals surface area (Å²) in [6.45, 7) is 2.00. The highest BCUT2D eigenvalue weighted by Gasteiger charge is 2.15. The summed E-state index contributed by atoms with van der Waals surface area (Å²) >= 11 is 0. The number of aromatic nitrogens is 5. The van der Waals surface area contributed by atoms with Gasteiger partial charge in [-0.3, -0.25) is 9.08 Å². The third-order valence-corrected chi connectivity index (χ3v) is 2.86. The summed E-state index contributed by atoms with van der Waals surface area (Å²) in [5.41, 5.74) is 1.25. The van der Waals surface area contributed by atoms with Crippen LogP contribution in [-0.2, 0) is 0 Å². The molecule has 18 heavy (non-hydrogen) atoms. The van der Waals surface area contributed by atoms with Crippen LogP contribution in [0.4, 0.5) is 0 Å². The Labute approximate surface area is 103 Å². The Morgan fingerprint density at radius 2 is 2.22 bits per heavy atom. The average molecular weight is 238 g/mol. The normalized spacial score (nSPS) is 12.4. The number of pyridine rings is 1. The predicted molar refractivity (Wildman–Crippen MR) is 63.7 cm³/mol. The van der Waals surface area contributed by atoms with E-state index in [2.05, 4.69) is 21.4 Å². The van der Waals surface area contributed by atoms with E-state index in [9.17, 15) is 0 Å². The Bertz CT molecular complexity index is 719. The van der Waals surface area contributed by atoms with Gasteiger partial charge in [-0.15, -0.1) is 10.2 Å². The zero-order valence-electron chi connectivity index (χ0n) is 9.72. The van der Waals surface area contributed by atoms with E-state index in [0.717, 1.165) is 5.82 Å². The molecule has 1 atom stereocenters. The molecule has 1 unspecified atom stereocenters. The Kier molecular flexibility index (Phi) is 2.31. The third kappa shape index (κ3) is 1.53. The molecule has 3 aromatic rings. The van der Waals surface area contributed by atoms with Gasteiger partial charge in [0.15, 0.2) is 11.5 Å². The minimum atomic E-state index is -0.0112. The largest absolute Gasteiger partial charge is 0.285 e. The van der Waals surface area contributed by atoms with Gasteiger partial charge in [-0.2, -0.15) is 10.4 Å². The second-order valence-electron chi connectivity index (χ2n) is 3.98. The second kappa shape index (κ2) is 3.96. The van der Waals surface area contributed by atoms with Crippen molar-refractivity contribution in [3.8, 4) is 6.07 Å². The van der Waals surface area contributed by atoms with Gasteiger partial charge in [0.25, 0.3) is 0 Å². The highest BCUT2D eigenvalue weighted by molar-refractivity contribution is 5.45. The summed E-state index contributed by atoms with van der Waals surface area (Å²) < 4.78 is 3.68. The lowest BCUT2D eigenvalue weighted by atomic mass is 10.3. The van der Waals surface area contributed by atoms with Gasteiger partial charge in [0.2, 0.25) is 0 Å². The van der Waals surface area contributed by atoms with Crippen molar-refractivity contribution in [1.29, 1.82) is 5.26 Å². The number of hydrogen-bond acceptors (Lipinski definition) is 4. The lowest BCUT2D eigenvalue weighted by Gasteiger charge is -2.09. The van der Waals surface area contributed by atoms with E-state index in [4.69, 9.17) is 5.26 Å². The highest BCUT2D eigenvalue weighted by atomic mass is 15.3. The van der Waals surface area contributed by atoms with Crippen molar-refractivity contribution < 1.29 is 0 Å². The van der Waals surface area contributed by atoms with Crippen LogP contribution in [-0.4, -0.2) is 24.4 Å². The van der Waals surface area contributed by atoms with E-state index in [-0.39, 0.29) is 6.04 Å². The van der Waals surface area contributed by atoms with Gasteiger partial charge in [0.1, 0.15) is 6.04 Å². The number of nitrogens with zero attached hydrogens (tertiary/aromatic N) is 6. The SMILES string of the molecule is CC(c1nnc2cc(C#N)ccn12)n1cccn1. The summed E-state index contributed by atoms with van der Waals surface area (Å²) in [4.78, 5) is 0. The second-order valence-corrected chi connectivity index (χ2v) is 3.98. The van der Waals surface area contributed by atoms with E-state index in [1.165, 1.54) is 0 Å². The first-order chi connectivity index (χ1) is 8.79. The Balaban J connectivity index is 2.11. The molecule has 6 nitrogen and oxygen atoms in total. The van der Waals surface area contributed by atoms with Crippen molar-refractivity contribution in [2.75, 3.05) is 0 Å². The Morgan fingerprint density at radius 3 is 2.94 bits per heavy atom. The molecule has 3 aromatic heterocycles. The van der Waals surface area contributed by atoms with Crippen molar-refractivity contribution >= 4 is 5.65 Å². The Morgan fingerprint density at radius 1 is 1.33 bits per heavy atom. The van der Waals surface area contributed by atoms with E-state index in [1.54, 1.807) is 18.3 Å². The van der Waals surface area contributed by atoms with Gasteiger partial charge < -0.3 is 0 Å². The lowest BCUT2D eigenvalue weighted by Crippen LogP contribution is -2.11. The molecule has 0 aliphatic carbocycles. The van der Waals surface area contributed by atoms with E-state index in [0.29, 0.717) is 11.2 Å². The highest BCUT2D eigenvalue weighted by Crippen LogP contribution is 2.16. The van der Waals surface area contributed by atoms with E-state index in [1.807, 2.05) is 34.5 Å². The molecule has 0 saturated carbocycles. The number of nitriles is 1. The van der Waals surface area contributed by atoms with Crippen LogP contribution in [0, 0.1) is 11.3 Å². The zero-order chi connectivity index (χ0) is 12.5. The number of fused-ring (bicyclic) bond motifs is 1. The first-order valence-electron chi connectivity index (χ1n) is 5.53. The van der Waals surface area contributed by atoms with Crippen LogP contribution in [0.2, 0.25) is 0 Å². The van der Waals surface area contributed by atoms with E-state index >= 15 is 0 Å². The maximum absolute atomic E-state index is 8.84. The van der Waals surface area contributed by atoms with Crippen LogP contribution in [0.5, 0.6) is 0 Å². The molecule has 0 N–H and O–H groups in total. The lowest BCUT2D eigenvalue weighted by molar-refractivity contribution is 0.532. The fourth-order valence-electron chi connectivity index (χ4n) is 1.89. The molecule has 3 heterocycles. The molecule has 0 aliphatic heterocycles. The minimum absolute atomic E-state index is 0.0112. The smallest absolute Gasteiger partial charge is 0.162 e. The van der Waals surface area contributed by atoms with Crippen molar-refractivity contribution in [1.82, 2.24) is 24.4 Å². The predicted octanol–water partition coefficient (Wildman–Crippen LogP) is 1.41. The summed E-state index contributed by atoms with van der Waals surface area (Å²) in [6.07, 6.45) is 5.42. The van der Waals surface area contributed by atoms with Crippen molar-refractivity contribution in [3.63, 3.8) is 0 Å². The molecule has 88 valence electrons. The average Bonchev–Trinajstić information content (AvgIpc) is 3.06. The fraction of sp³-hybridized carbons (Fsp3) is 0.167. The molecule has 0 aliphatic rings. The minimum Gasteiger partial charge on any atom is -0.285 e. The molecular formula is C12H10N6. The molecule has 0 radical (unpaired) electrons. The monoisotopic (exact) mass is 238 g/mol. The number of rotatable bonds is 2. The maximum atomic E-state index is 8.84. The van der Waals surface area contributed by atoms with Crippen LogP contribution in [0.3, 0.4) is 0 Å². The van der Waals surface area contributed by atoms with Crippen molar-refractivity contribution in [2.24, 2.45) is 0 Å². The summed E-state index contributed by atoms with van der Waals surface area (Å²) in [5, 5.41) is 21.3. The zero-order valence-corrected chi connectivity index (χ0v) is 9.72. The first kappa shape index (κ1) is 10.5. The first-order valence-corrected chi connectivity index (χ1v) is 5.53. The van der Waals surface area contributed by atoms with Crippen LogP contribution in [0.25, 0.3) is 5.65 Å². The molecule has 0 bridgehead atoms. The maximum Gasteiger partial charge on any atom is 0.162 e. The summed E-state index contributed by atoms with van der Waals surface area (Å²) in [6, 6.07) is 7.40. The molecule has 0 saturated heterocycles. The van der Waals surface area contributed by atoms with Gasteiger partial charge >= 0.3 is 0 Å². The van der Waals surface area contributed by atoms with Gasteiger partial charge in [0, 0.05) is 24.7 Å². The van der Waals surface area contributed by atoms with Gasteiger partial charge in [-0.1, -0.05) is 0 Å². The topological polar surface area (TPSA) is 71.8 Å². The fourth-order valence-corrected chi connectivity index (χ4v) is 1.89. The van der Waals surface area contributed by atoms with Crippen molar-refractivity contribution in [2.45, 2.75) is 13.0 Å². The number of hydrogen-bond donors (Lipinski definition) is 0. The van der Waals surface area contributed by atoms with Crippen LogP contribution >= 0.6 is 0 Å². The molecule has 0 fully saturated rings. The molecule has 3 rings (SSSR count). The Hall–Kier alpha value is -2.68. The van der Waals surface area contributed by atoms with Crippen LogP contribution < -0.4 is 0 Å². The summed E-state index contributed by atoms with van der Waals surface area (Å²) in [5.74, 6) is 0.790. The van der Waals surface area contributed by atoms with E-state index < -0.39 is 0 Å². The summed E-state index contributed by atoms with van der Waals surface area (Å²) in [7, 11) is 0. The van der Waals surface area contributed by atoms with Gasteiger partial charge in [-0.05, 0) is 19.1 Å². The molecule has 0 aromatic carbocycles. The molecule has 0 spiro atoms. The molecule has 0 amide bonds. The van der Waals surface area contributed by atoms with Gasteiger partial charge in [0.05, 0.1) is 11.6 Å². The van der Waals surface area contributed by atoms with Crippen LogP contribution in [0.15, 0.2) is 36.8 Å². The molecule has 6 heteroatoms. The van der Waals surface area contributed by atoms with Gasteiger partial charge in [-0.25, -0.2) is 0 Å². The van der Waals surface area contributed by atoms with Crippen LogP contribution in [0.1, 0.15) is 24.4 Å².